The van der Waals surface area contributed by atoms with E-state index in [0.717, 1.165) is 5.56 Å². The Hall–Kier alpha value is -2.73. The Morgan fingerprint density at radius 3 is 2.36 bits per heavy atom. The summed E-state index contributed by atoms with van der Waals surface area (Å²) in [4.78, 5) is 23.8. The molecule has 3 N–H and O–H groups in total. The van der Waals surface area contributed by atoms with Gasteiger partial charge in [0.1, 0.15) is 5.82 Å². The van der Waals surface area contributed by atoms with E-state index < -0.39 is 11.9 Å². The summed E-state index contributed by atoms with van der Waals surface area (Å²) in [6.07, 6.45) is 0.693. The van der Waals surface area contributed by atoms with Crippen molar-refractivity contribution in [2.75, 3.05) is 13.2 Å². The third-order valence-corrected chi connectivity index (χ3v) is 3.69. The fraction of sp³-hybridized carbons (Fsp3) is 0.263. The molecule has 6 heteroatoms. The van der Waals surface area contributed by atoms with Gasteiger partial charge in [0.25, 0.3) is 5.91 Å². The first-order chi connectivity index (χ1) is 12.1. The van der Waals surface area contributed by atoms with Crippen LogP contribution in [-0.2, 0) is 4.79 Å². The molecule has 5 nitrogen and oxygen atoms in total. The lowest BCUT2D eigenvalue weighted by Crippen LogP contribution is -2.31. The molecule has 0 saturated carbocycles. The molecule has 0 heterocycles. The van der Waals surface area contributed by atoms with Gasteiger partial charge in [0.05, 0.1) is 12.6 Å². The van der Waals surface area contributed by atoms with Crippen molar-refractivity contribution in [3.63, 3.8) is 0 Å². The van der Waals surface area contributed by atoms with E-state index in [0.29, 0.717) is 18.5 Å². The van der Waals surface area contributed by atoms with Crippen molar-refractivity contribution in [3.8, 4) is 0 Å². The molecule has 0 aromatic heterocycles. The highest BCUT2D eigenvalue weighted by Gasteiger charge is 2.13. The molecule has 2 rings (SSSR count). The maximum absolute atomic E-state index is 12.8. The van der Waals surface area contributed by atoms with Crippen molar-refractivity contribution < 1.29 is 19.1 Å². The molecule has 0 spiro atoms. The maximum atomic E-state index is 12.8. The fourth-order valence-electron chi connectivity index (χ4n) is 2.34. The van der Waals surface area contributed by atoms with Crippen LogP contribution in [0, 0.1) is 5.82 Å². The largest absolute Gasteiger partial charge is 0.394 e. The first-order valence-electron chi connectivity index (χ1n) is 8.09. The molecule has 25 heavy (non-hydrogen) atoms. The van der Waals surface area contributed by atoms with Crippen LogP contribution in [0.3, 0.4) is 0 Å². The molecule has 0 fully saturated rings. The van der Waals surface area contributed by atoms with Gasteiger partial charge in [-0.15, -0.1) is 0 Å². The summed E-state index contributed by atoms with van der Waals surface area (Å²) in [7, 11) is 0. The minimum atomic E-state index is -0.442. The number of carbonyl (C=O) groups excluding carboxylic acids is 2. The predicted molar refractivity (Wildman–Crippen MR) is 92.4 cm³/mol. The van der Waals surface area contributed by atoms with Crippen molar-refractivity contribution in [2.45, 2.75) is 18.9 Å². The quantitative estimate of drug-likeness (QED) is 0.642. The average molecular weight is 344 g/mol. The van der Waals surface area contributed by atoms with E-state index in [9.17, 15) is 19.1 Å². The van der Waals surface area contributed by atoms with Gasteiger partial charge in [0, 0.05) is 18.5 Å². The molecule has 2 amide bonds. The van der Waals surface area contributed by atoms with E-state index in [1.165, 1.54) is 24.3 Å². The normalized spacial score (nSPS) is 11.6. The predicted octanol–water partition coefficient (Wildman–Crippen LogP) is 2.19. The lowest BCUT2D eigenvalue weighted by molar-refractivity contribution is -0.122. The molecule has 2 aromatic carbocycles. The van der Waals surface area contributed by atoms with Crippen LogP contribution in [-0.4, -0.2) is 30.1 Å². The highest BCUT2D eigenvalue weighted by molar-refractivity contribution is 5.94. The zero-order valence-corrected chi connectivity index (χ0v) is 13.7. The van der Waals surface area contributed by atoms with Crippen molar-refractivity contribution in [1.29, 1.82) is 0 Å². The summed E-state index contributed by atoms with van der Waals surface area (Å²) in [5.41, 5.74) is 1.21. The number of amides is 2. The number of aliphatic hydroxyl groups is 1. The van der Waals surface area contributed by atoms with E-state index in [4.69, 9.17) is 0 Å². The Morgan fingerprint density at radius 1 is 1.04 bits per heavy atom. The first kappa shape index (κ1) is 18.6. The second kappa shape index (κ2) is 9.54. The Kier molecular flexibility index (Phi) is 7.10. The van der Waals surface area contributed by atoms with Crippen LogP contribution >= 0.6 is 0 Å². The van der Waals surface area contributed by atoms with Gasteiger partial charge in [-0.2, -0.15) is 0 Å². The molecular formula is C19H21FN2O3. The smallest absolute Gasteiger partial charge is 0.251 e. The average Bonchev–Trinajstić information content (AvgIpc) is 2.64. The van der Waals surface area contributed by atoms with E-state index in [-0.39, 0.29) is 24.8 Å². The highest BCUT2D eigenvalue weighted by atomic mass is 19.1. The van der Waals surface area contributed by atoms with Crippen LogP contribution in [0.5, 0.6) is 0 Å². The molecular weight excluding hydrogens is 323 g/mol. The highest BCUT2D eigenvalue weighted by Crippen LogP contribution is 2.11. The van der Waals surface area contributed by atoms with Gasteiger partial charge >= 0.3 is 0 Å². The zero-order chi connectivity index (χ0) is 18.1. The molecule has 0 aliphatic rings. The SMILES string of the molecule is O=C(CCCNC(=O)c1ccc(F)cc1)NC(CO)c1ccccc1. The fourth-order valence-corrected chi connectivity index (χ4v) is 2.34. The molecule has 0 bridgehead atoms. The summed E-state index contributed by atoms with van der Waals surface area (Å²) in [6, 6.07) is 14.0. The van der Waals surface area contributed by atoms with E-state index in [1.54, 1.807) is 0 Å². The number of rotatable bonds is 8. The number of aliphatic hydroxyl groups excluding tert-OH is 1. The van der Waals surface area contributed by atoms with Crippen molar-refractivity contribution in [3.05, 3.63) is 71.5 Å². The standard InChI is InChI=1S/C19H21FN2O3/c20-16-10-8-15(9-11-16)19(25)21-12-4-7-18(24)22-17(13-23)14-5-2-1-3-6-14/h1-3,5-6,8-11,17,23H,4,7,12-13H2,(H,21,25)(H,22,24). The van der Waals surface area contributed by atoms with Crippen LogP contribution in [0.4, 0.5) is 4.39 Å². The monoisotopic (exact) mass is 344 g/mol. The molecule has 1 unspecified atom stereocenters. The minimum Gasteiger partial charge on any atom is -0.394 e. The summed E-state index contributed by atoms with van der Waals surface area (Å²) in [5, 5.41) is 14.9. The molecule has 0 aliphatic carbocycles. The van der Waals surface area contributed by atoms with Gasteiger partial charge in [-0.1, -0.05) is 30.3 Å². The van der Waals surface area contributed by atoms with Crippen molar-refractivity contribution >= 4 is 11.8 Å². The van der Waals surface area contributed by atoms with Gasteiger partial charge in [0.2, 0.25) is 5.91 Å². The van der Waals surface area contributed by atoms with E-state index in [1.807, 2.05) is 30.3 Å². The van der Waals surface area contributed by atoms with Gasteiger partial charge in [-0.25, -0.2) is 4.39 Å². The molecule has 0 saturated heterocycles. The number of halogens is 1. The van der Waals surface area contributed by atoms with Crippen molar-refractivity contribution in [2.24, 2.45) is 0 Å². The zero-order valence-electron chi connectivity index (χ0n) is 13.7. The lowest BCUT2D eigenvalue weighted by atomic mass is 10.1. The number of benzene rings is 2. The Morgan fingerprint density at radius 2 is 1.72 bits per heavy atom. The van der Waals surface area contributed by atoms with Gasteiger partial charge < -0.3 is 15.7 Å². The maximum Gasteiger partial charge on any atom is 0.251 e. The number of hydrogen-bond acceptors (Lipinski definition) is 3. The van der Waals surface area contributed by atoms with Crippen LogP contribution in [0.25, 0.3) is 0 Å². The molecule has 0 radical (unpaired) electrons. The third-order valence-electron chi connectivity index (χ3n) is 3.69. The third kappa shape index (κ3) is 6.00. The van der Waals surface area contributed by atoms with Gasteiger partial charge in [0.15, 0.2) is 0 Å². The van der Waals surface area contributed by atoms with E-state index in [2.05, 4.69) is 10.6 Å². The topological polar surface area (TPSA) is 78.4 Å². The first-order valence-corrected chi connectivity index (χ1v) is 8.09. The van der Waals surface area contributed by atoms with Gasteiger partial charge in [-0.05, 0) is 36.2 Å². The van der Waals surface area contributed by atoms with Crippen molar-refractivity contribution in [1.82, 2.24) is 10.6 Å². The van der Waals surface area contributed by atoms with Gasteiger partial charge in [-0.3, -0.25) is 9.59 Å². The summed E-state index contributed by atoms with van der Waals surface area (Å²) in [6.45, 7) is 0.149. The summed E-state index contributed by atoms with van der Waals surface area (Å²) >= 11 is 0. The number of hydrogen-bond donors (Lipinski definition) is 3. The van der Waals surface area contributed by atoms with Crippen LogP contribution in [0.1, 0.15) is 34.8 Å². The second-order valence-corrected chi connectivity index (χ2v) is 5.58. The second-order valence-electron chi connectivity index (χ2n) is 5.58. The van der Waals surface area contributed by atoms with E-state index >= 15 is 0 Å². The summed E-state index contributed by atoms with van der Waals surface area (Å²) in [5.74, 6) is -0.901. The molecule has 0 aliphatic heterocycles. The lowest BCUT2D eigenvalue weighted by Gasteiger charge is -2.16. The Labute approximate surface area is 145 Å². The molecule has 132 valence electrons. The van der Waals surface area contributed by atoms with Crippen LogP contribution in [0.15, 0.2) is 54.6 Å². The van der Waals surface area contributed by atoms with Crippen LogP contribution in [0.2, 0.25) is 0 Å². The van der Waals surface area contributed by atoms with Crippen LogP contribution < -0.4 is 10.6 Å². The number of carbonyl (C=O) groups is 2. The summed E-state index contributed by atoms with van der Waals surface area (Å²) < 4.78 is 12.8. The number of nitrogens with one attached hydrogen (secondary N) is 2. The minimum absolute atomic E-state index is 0.183. The Balaban J connectivity index is 1.71. The Bertz CT molecular complexity index is 690. The molecule has 2 aromatic rings. The molecule has 1 atom stereocenters.